The summed E-state index contributed by atoms with van der Waals surface area (Å²) in [6.45, 7) is 0.0585. The monoisotopic (exact) mass is 335 g/mol. The van der Waals surface area contributed by atoms with Crippen LogP contribution in [0.2, 0.25) is 0 Å². The molecule has 0 bridgehead atoms. The molecule has 6 nitrogen and oxygen atoms in total. The molecule has 1 aliphatic rings. The molecule has 1 aromatic heterocycles. The Morgan fingerprint density at radius 3 is 2.67 bits per heavy atom. The van der Waals surface area contributed by atoms with Crippen LogP contribution in [0.25, 0.3) is 11.0 Å². The van der Waals surface area contributed by atoms with E-state index >= 15 is 0 Å². The zero-order valence-electron chi connectivity index (χ0n) is 13.0. The molecule has 0 radical (unpaired) electrons. The van der Waals surface area contributed by atoms with Crippen molar-refractivity contribution < 1.29 is 23.8 Å². The zero-order chi connectivity index (χ0) is 17.3. The fraction of sp³-hybridized carbons (Fsp3) is 0.412. The predicted octanol–water partition coefficient (Wildman–Crippen LogP) is 2.06. The van der Waals surface area contributed by atoms with Gasteiger partial charge in [0, 0.05) is 18.7 Å². The fourth-order valence-corrected chi connectivity index (χ4v) is 3.04. The summed E-state index contributed by atoms with van der Waals surface area (Å²) in [5.41, 5.74) is -1.82. The number of halogens is 1. The van der Waals surface area contributed by atoms with Gasteiger partial charge in [0.15, 0.2) is 22.5 Å². The largest absolute Gasteiger partial charge is 0.504 e. The summed E-state index contributed by atoms with van der Waals surface area (Å²) in [6, 6.07) is 2.69. The third kappa shape index (κ3) is 3.26. The van der Waals surface area contributed by atoms with Crippen LogP contribution in [-0.4, -0.2) is 28.3 Å². The van der Waals surface area contributed by atoms with Gasteiger partial charge in [0.1, 0.15) is 5.82 Å². The highest BCUT2D eigenvalue weighted by Gasteiger charge is 2.30. The molecule has 1 fully saturated rings. The molecule has 3 N–H and O–H groups in total. The van der Waals surface area contributed by atoms with E-state index in [1.165, 1.54) is 0 Å². The summed E-state index contributed by atoms with van der Waals surface area (Å²) >= 11 is 0. The molecule has 24 heavy (non-hydrogen) atoms. The van der Waals surface area contributed by atoms with Crippen molar-refractivity contribution in [1.29, 1.82) is 0 Å². The summed E-state index contributed by atoms with van der Waals surface area (Å²) in [4.78, 5) is 24.2. The second-order valence-electron chi connectivity index (χ2n) is 6.24. The van der Waals surface area contributed by atoms with Crippen LogP contribution in [0.4, 0.5) is 4.39 Å². The topological polar surface area (TPSA) is 99.8 Å². The Morgan fingerprint density at radius 1 is 1.25 bits per heavy atom. The first-order valence-corrected chi connectivity index (χ1v) is 7.85. The number of aromatic hydroxyl groups is 1. The Labute approximate surface area is 136 Å². The van der Waals surface area contributed by atoms with E-state index in [4.69, 9.17) is 4.42 Å². The summed E-state index contributed by atoms with van der Waals surface area (Å²) in [5.74, 6) is -2.29. The van der Waals surface area contributed by atoms with Gasteiger partial charge in [-0.3, -0.25) is 9.59 Å². The molecule has 0 atom stereocenters. The van der Waals surface area contributed by atoms with E-state index in [0.717, 1.165) is 37.5 Å². The van der Waals surface area contributed by atoms with Crippen molar-refractivity contribution >= 4 is 16.9 Å². The molecule has 1 heterocycles. The average molecular weight is 335 g/mol. The van der Waals surface area contributed by atoms with Crippen molar-refractivity contribution in [2.24, 2.45) is 0 Å². The Bertz CT molecular complexity index is 839. The minimum absolute atomic E-state index is 0.0585. The maximum absolute atomic E-state index is 13.3. The van der Waals surface area contributed by atoms with E-state index in [2.05, 4.69) is 5.32 Å². The van der Waals surface area contributed by atoms with Crippen LogP contribution < -0.4 is 10.7 Å². The lowest BCUT2D eigenvalue weighted by atomic mass is 9.85. The van der Waals surface area contributed by atoms with Crippen LogP contribution in [0.3, 0.4) is 0 Å². The van der Waals surface area contributed by atoms with Crippen molar-refractivity contribution in [2.75, 3.05) is 6.54 Å². The molecule has 0 aliphatic heterocycles. The van der Waals surface area contributed by atoms with Gasteiger partial charge in [0.2, 0.25) is 0 Å². The third-order valence-electron chi connectivity index (χ3n) is 4.36. The molecular formula is C17H18FNO5. The van der Waals surface area contributed by atoms with Crippen LogP contribution in [-0.2, 0) is 0 Å². The van der Waals surface area contributed by atoms with E-state index in [1.807, 2.05) is 0 Å². The van der Waals surface area contributed by atoms with Gasteiger partial charge >= 0.3 is 0 Å². The Hall–Kier alpha value is -2.41. The molecule has 1 aliphatic carbocycles. The molecule has 1 saturated carbocycles. The van der Waals surface area contributed by atoms with Crippen molar-refractivity contribution in [3.05, 3.63) is 40.0 Å². The van der Waals surface area contributed by atoms with Crippen LogP contribution in [0.15, 0.2) is 27.4 Å². The lowest BCUT2D eigenvalue weighted by Crippen LogP contribution is -2.44. The number of hydrogen-bond acceptors (Lipinski definition) is 5. The highest BCUT2D eigenvalue weighted by Crippen LogP contribution is 2.28. The molecular weight excluding hydrogens is 317 g/mol. The molecule has 0 saturated heterocycles. The number of aliphatic hydroxyl groups is 1. The summed E-state index contributed by atoms with van der Waals surface area (Å²) in [7, 11) is 0. The fourth-order valence-electron chi connectivity index (χ4n) is 3.04. The molecule has 2 aromatic rings. The lowest BCUT2D eigenvalue weighted by Gasteiger charge is -2.31. The van der Waals surface area contributed by atoms with Gasteiger partial charge < -0.3 is 19.9 Å². The van der Waals surface area contributed by atoms with Gasteiger partial charge in [0.05, 0.1) is 11.0 Å². The number of carbonyl (C=O) groups is 1. The van der Waals surface area contributed by atoms with Gasteiger partial charge in [0.25, 0.3) is 5.91 Å². The van der Waals surface area contributed by atoms with E-state index in [-0.39, 0.29) is 23.3 Å². The van der Waals surface area contributed by atoms with Gasteiger partial charge in [-0.15, -0.1) is 0 Å². The Morgan fingerprint density at radius 2 is 1.96 bits per heavy atom. The van der Waals surface area contributed by atoms with E-state index in [0.29, 0.717) is 12.8 Å². The number of carbonyl (C=O) groups excluding carboxylic acids is 1. The number of amides is 1. The maximum Gasteiger partial charge on any atom is 0.287 e. The van der Waals surface area contributed by atoms with Crippen molar-refractivity contribution in [2.45, 2.75) is 37.7 Å². The molecule has 1 aromatic carbocycles. The number of hydrogen-bond donors (Lipinski definition) is 3. The average Bonchev–Trinajstić information content (AvgIpc) is 2.54. The second-order valence-corrected chi connectivity index (χ2v) is 6.24. The summed E-state index contributed by atoms with van der Waals surface area (Å²) in [6.07, 6.45) is 4.07. The molecule has 1 amide bonds. The van der Waals surface area contributed by atoms with Crippen molar-refractivity contribution in [1.82, 2.24) is 5.32 Å². The first-order valence-electron chi connectivity index (χ1n) is 7.85. The quantitative estimate of drug-likeness (QED) is 0.797. The number of phenols is 1. The molecule has 128 valence electrons. The number of rotatable bonds is 3. The second kappa shape index (κ2) is 6.24. The first kappa shape index (κ1) is 16.4. The number of phenolic OH excluding ortho intramolecular Hbond substituents is 1. The Kier molecular flexibility index (Phi) is 4.28. The first-order chi connectivity index (χ1) is 11.4. The van der Waals surface area contributed by atoms with E-state index in [1.54, 1.807) is 0 Å². The van der Waals surface area contributed by atoms with E-state index < -0.39 is 28.5 Å². The van der Waals surface area contributed by atoms with Crippen molar-refractivity contribution in [3.63, 3.8) is 0 Å². The SMILES string of the molecule is O=C(NCC1(O)CCCCC1)c1cc(=O)c2cc(F)cc(O)c2o1. The Balaban J connectivity index is 1.84. The van der Waals surface area contributed by atoms with Gasteiger partial charge in [-0.2, -0.15) is 0 Å². The standard InChI is InChI=1S/C17H18FNO5/c18-10-6-11-12(20)8-14(24-15(11)13(21)7-10)16(22)19-9-17(23)4-2-1-3-5-17/h6-8,21,23H,1-5,9H2,(H,19,22). The minimum Gasteiger partial charge on any atom is -0.504 e. The minimum atomic E-state index is -0.948. The number of benzene rings is 1. The smallest absolute Gasteiger partial charge is 0.287 e. The maximum atomic E-state index is 13.3. The van der Waals surface area contributed by atoms with Crippen LogP contribution in [0.1, 0.15) is 42.7 Å². The van der Waals surface area contributed by atoms with Gasteiger partial charge in [-0.25, -0.2) is 4.39 Å². The van der Waals surface area contributed by atoms with Crippen LogP contribution >= 0.6 is 0 Å². The zero-order valence-corrected chi connectivity index (χ0v) is 13.0. The third-order valence-corrected chi connectivity index (χ3v) is 4.36. The van der Waals surface area contributed by atoms with Crippen molar-refractivity contribution in [3.8, 4) is 5.75 Å². The van der Waals surface area contributed by atoms with E-state index in [9.17, 15) is 24.2 Å². The number of fused-ring (bicyclic) bond motifs is 1. The highest BCUT2D eigenvalue weighted by molar-refractivity contribution is 5.93. The lowest BCUT2D eigenvalue weighted by molar-refractivity contribution is 0.00503. The normalized spacial score (nSPS) is 16.9. The van der Waals surface area contributed by atoms with Gasteiger partial charge in [-0.05, 0) is 18.9 Å². The predicted molar refractivity (Wildman–Crippen MR) is 84.5 cm³/mol. The highest BCUT2D eigenvalue weighted by atomic mass is 19.1. The summed E-state index contributed by atoms with van der Waals surface area (Å²) < 4.78 is 18.5. The number of nitrogens with one attached hydrogen (secondary N) is 1. The van der Waals surface area contributed by atoms with Crippen LogP contribution in [0, 0.1) is 5.82 Å². The molecule has 7 heteroatoms. The summed E-state index contributed by atoms with van der Waals surface area (Å²) in [5, 5.41) is 22.5. The molecule has 0 unspecified atom stereocenters. The molecule has 0 spiro atoms. The molecule has 3 rings (SSSR count). The van der Waals surface area contributed by atoms with Gasteiger partial charge in [-0.1, -0.05) is 19.3 Å². The van der Waals surface area contributed by atoms with Crippen LogP contribution in [0.5, 0.6) is 5.75 Å².